The third-order valence-electron chi connectivity index (χ3n) is 9.94. The van der Waals surface area contributed by atoms with E-state index in [2.05, 4.69) is 222 Å². The van der Waals surface area contributed by atoms with E-state index in [9.17, 15) is 0 Å². The zero-order chi connectivity index (χ0) is 34.0. The monoisotopic (exact) mass is 650 g/mol. The molecule has 0 N–H and O–H groups in total. The molecule has 0 fully saturated rings. The van der Waals surface area contributed by atoms with Crippen LogP contribution in [0.3, 0.4) is 0 Å². The Morgan fingerprint density at radius 3 is 1.20 bits per heavy atom. The van der Waals surface area contributed by atoms with Gasteiger partial charge in [0.05, 0.1) is 0 Å². The number of hydrogen-bond donors (Lipinski definition) is 0. The van der Waals surface area contributed by atoms with Gasteiger partial charge >= 0.3 is 0 Å². The van der Waals surface area contributed by atoms with Crippen LogP contribution >= 0.6 is 0 Å². The number of hydrogen-bond acceptors (Lipinski definition) is 2. The molecule has 240 valence electrons. The molecule has 1 aliphatic heterocycles. The molecule has 0 spiro atoms. The molecule has 0 unspecified atom stereocenters. The van der Waals surface area contributed by atoms with E-state index >= 15 is 0 Å². The van der Waals surface area contributed by atoms with E-state index in [0.717, 1.165) is 22.7 Å². The molecule has 0 radical (unpaired) electrons. The largest absolute Gasteiger partial charge is 0.312 e. The third kappa shape index (κ3) is 5.59. The Bertz CT molecular complexity index is 2270. The topological polar surface area (TPSA) is 6.48 Å². The van der Waals surface area contributed by atoms with Crippen molar-refractivity contribution < 1.29 is 0 Å². The van der Waals surface area contributed by atoms with E-state index in [4.69, 9.17) is 0 Å². The minimum absolute atomic E-state index is 0.0196. The summed E-state index contributed by atoms with van der Waals surface area (Å²) in [6, 6.07) is 76.5. The fourth-order valence-electron chi connectivity index (χ4n) is 7.72. The summed E-state index contributed by atoms with van der Waals surface area (Å²) in [4.78, 5) is 4.75. The van der Waals surface area contributed by atoms with Crippen molar-refractivity contribution >= 4 is 57.2 Å². The van der Waals surface area contributed by atoms with E-state index in [1.54, 1.807) is 0 Å². The molecule has 51 heavy (non-hydrogen) atoms. The predicted molar refractivity (Wildman–Crippen MR) is 218 cm³/mol. The molecule has 1 heterocycles. The van der Waals surface area contributed by atoms with Crippen molar-refractivity contribution in [3.63, 3.8) is 0 Å². The first-order chi connectivity index (χ1) is 25.3. The van der Waals surface area contributed by atoms with Gasteiger partial charge in [0.1, 0.15) is 0 Å². The number of anilines is 6. The van der Waals surface area contributed by atoms with Crippen molar-refractivity contribution in [2.45, 2.75) is 0 Å². The molecular formula is C48H35BN2. The molecule has 0 saturated heterocycles. The molecule has 3 heteroatoms. The van der Waals surface area contributed by atoms with Crippen LogP contribution in [0.2, 0.25) is 0 Å². The van der Waals surface area contributed by atoms with Crippen LogP contribution in [0.4, 0.5) is 34.1 Å². The van der Waals surface area contributed by atoms with Crippen LogP contribution in [0.1, 0.15) is 0 Å². The van der Waals surface area contributed by atoms with Crippen molar-refractivity contribution in [3.05, 3.63) is 212 Å². The van der Waals surface area contributed by atoms with Gasteiger partial charge in [-0.3, -0.25) is 0 Å². The maximum Gasteiger partial charge on any atom is 0.248 e. The maximum atomic E-state index is 2.44. The van der Waals surface area contributed by atoms with Gasteiger partial charge in [0, 0.05) is 34.1 Å². The van der Waals surface area contributed by atoms with Gasteiger partial charge in [0.2, 0.25) is 6.71 Å². The number of rotatable bonds is 7. The second kappa shape index (κ2) is 13.4. The standard InChI is InChI=1S/C48H35BN2/c1-5-18-36(19-6-1)42-26-17-27-43(37-20-7-2-8-21-37)48(42)49-44-28-13-15-30-46(44)51(47-31-16-14-29-45(47)49)41-34-32-40(33-35-41)50(38-22-9-3-10-23-38)39-24-11-4-12-25-39/h1-35H. The molecule has 8 aromatic rings. The number of para-hydroxylation sites is 4. The van der Waals surface area contributed by atoms with E-state index in [-0.39, 0.29) is 6.71 Å². The zero-order valence-corrected chi connectivity index (χ0v) is 28.2. The first-order valence-electron chi connectivity index (χ1n) is 17.6. The zero-order valence-electron chi connectivity index (χ0n) is 28.2. The van der Waals surface area contributed by atoms with E-state index in [0.29, 0.717) is 0 Å². The highest BCUT2D eigenvalue weighted by Gasteiger charge is 2.37. The van der Waals surface area contributed by atoms with E-state index in [1.165, 1.54) is 50.0 Å². The first kappa shape index (κ1) is 30.5. The number of benzene rings is 8. The second-order valence-electron chi connectivity index (χ2n) is 12.9. The van der Waals surface area contributed by atoms with Gasteiger partial charge in [-0.05, 0) is 93.8 Å². The number of fused-ring (bicyclic) bond motifs is 2. The molecule has 0 atom stereocenters. The normalized spacial score (nSPS) is 11.8. The summed E-state index contributed by atoms with van der Waals surface area (Å²) in [5.41, 5.74) is 15.7. The average molecular weight is 651 g/mol. The molecule has 2 nitrogen and oxygen atoms in total. The summed E-state index contributed by atoms with van der Waals surface area (Å²) in [6.07, 6.45) is 0. The highest BCUT2D eigenvalue weighted by atomic mass is 15.2. The quantitative estimate of drug-likeness (QED) is 0.158. The lowest BCUT2D eigenvalue weighted by Gasteiger charge is -2.38. The van der Waals surface area contributed by atoms with Crippen LogP contribution in [0.25, 0.3) is 22.3 Å². The van der Waals surface area contributed by atoms with Crippen LogP contribution in [-0.2, 0) is 0 Å². The van der Waals surface area contributed by atoms with Crippen molar-refractivity contribution in [3.8, 4) is 22.3 Å². The van der Waals surface area contributed by atoms with Crippen LogP contribution < -0.4 is 26.2 Å². The van der Waals surface area contributed by atoms with Gasteiger partial charge in [0.15, 0.2) is 0 Å². The molecule has 1 aliphatic rings. The Balaban J connectivity index is 1.21. The van der Waals surface area contributed by atoms with Gasteiger partial charge < -0.3 is 9.80 Å². The van der Waals surface area contributed by atoms with Gasteiger partial charge in [0.25, 0.3) is 0 Å². The molecule has 0 amide bonds. The second-order valence-corrected chi connectivity index (χ2v) is 12.9. The average Bonchev–Trinajstić information content (AvgIpc) is 3.21. The smallest absolute Gasteiger partial charge is 0.248 e. The Morgan fingerprint density at radius 1 is 0.333 bits per heavy atom. The summed E-state index contributed by atoms with van der Waals surface area (Å²) < 4.78 is 0. The van der Waals surface area contributed by atoms with Crippen molar-refractivity contribution in [2.24, 2.45) is 0 Å². The van der Waals surface area contributed by atoms with Crippen molar-refractivity contribution in [1.29, 1.82) is 0 Å². The molecular weight excluding hydrogens is 615 g/mol. The summed E-state index contributed by atoms with van der Waals surface area (Å²) in [5, 5.41) is 0. The van der Waals surface area contributed by atoms with Gasteiger partial charge in [-0.1, -0.05) is 157 Å². The van der Waals surface area contributed by atoms with E-state index in [1.807, 2.05) is 0 Å². The van der Waals surface area contributed by atoms with Gasteiger partial charge in [-0.2, -0.15) is 0 Å². The highest BCUT2D eigenvalue weighted by molar-refractivity contribution is 6.99. The molecule has 0 bridgehead atoms. The van der Waals surface area contributed by atoms with Crippen LogP contribution in [0.15, 0.2) is 212 Å². The Kier molecular flexibility index (Phi) is 8.00. The third-order valence-corrected chi connectivity index (χ3v) is 9.94. The highest BCUT2D eigenvalue weighted by Crippen LogP contribution is 2.40. The van der Waals surface area contributed by atoms with Gasteiger partial charge in [-0.25, -0.2) is 0 Å². The fourth-order valence-corrected chi connectivity index (χ4v) is 7.72. The Morgan fingerprint density at radius 2 is 0.725 bits per heavy atom. The molecule has 0 saturated carbocycles. The lowest BCUT2D eigenvalue weighted by atomic mass is 9.33. The molecule has 0 aliphatic carbocycles. The van der Waals surface area contributed by atoms with Gasteiger partial charge in [-0.15, -0.1) is 0 Å². The predicted octanol–water partition coefficient (Wildman–Crippen LogP) is 10.8. The minimum Gasteiger partial charge on any atom is -0.312 e. The number of nitrogens with zero attached hydrogens (tertiary/aromatic N) is 2. The molecule has 0 aromatic heterocycles. The fraction of sp³-hybridized carbons (Fsp3) is 0. The lowest BCUT2D eigenvalue weighted by Crippen LogP contribution is -2.58. The summed E-state index contributed by atoms with van der Waals surface area (Å²) in [5.74, 6) is 0. The first-order valence-corrected chi connectivity index (χ1v) is 17.6. The SMILES string of the molecule is c1ccc(-c2cccc(-c3ccccc3)c2B2c3ccccc3N(c3ccc(N(c4ccccc4)c4ccccc4)cc3)c3ccccc32)cc1. The lowest BCUT2D eigenvalue weighted by molar-refractivity contribution is 1.26. The Hall–Kier alpha value is -6.58. The minimum atomic E-state index is 0.0196. The molecule has 9 rings (SSSR count). The van der Waals surface area contributed by atoms with Crippen LogP contribution in [0.5, 0.6) is 0 Å². The summed E-state index contributed by atoms with van der Waals surface area (Å²) in [6.45, 7) is 0.0196. The van der Waals surface area contributed by atoms with Crippen molar-refractivity contribution in [1.82, 2.24) is 0 Å². The van der Waals surface area contributed by atoms with Crippen molar-refractivity contribution in [2.75, 3.05) is 9.80 Å². The summed E-state index contributed by atoms with van der Waals surface area (Å²) >= 11 is 0. The van der Waals surface area contributed by atoms with Crippen LogP contribution in [-0.4, -0.2) is 6.71 Å². The summed E-state index contributed by atoms with van der Waals surface area (Å²) in [7, 11) is 0. The molecule has 8 aromatic carbocycles. The van der Waals surface area contributed by atoms with E-state index < -0.39 is 0 Å². The Labute approximate surface area is 300 Å². The maximum absolute atomic E-state index is 2.44. The van der Waals surface area contributed by atoms with Crippen LogP contribution in [0, 0.1) is 0 Å².